The minimum absolute atomic E-state index is 0. The van der Waals surface area contributed by atoms with E-state index < -0.39 is 11.9 Å². The van der Waals surface area contributed by atoms with E-state index in [1.165, 1.54) is 64.2 Å². The summed E-state index contributed by atoms with van der Waals surface area (Å²) in [6.45, 7) is 5.64. The Bertz CT molecular complexity index is 234. The van der Waals surface area contributed by atoms with E-state index in [0.29, 0.717) is 6.21 Å². The first-order valence-electron chi connectivity index (χ1n) is 7.85. The summed E-state index contributed by atoms with van der Waals surface area (Å²) in [5, 5.41) is 20.8. The van der Waals surface area contributed by atoms with Gasteiger partial charge in [-0.1, -0.05) is 78.1 Å². The molecule has 3 N–H and O–H groups in total. The quantitative estimate of drug-likeness (QED) is 0.320. The molecule has 0 fully saturated rings. The van der Waals surface area contributed by atoms with Gasteiger partial charge in [-0.25, -0.2) is 4.79 Å². The summed E-state index contributed by atoms with van der Waals surface area (Å²) in [7, 11) is 0. The first kappa shape index (κ1) is 29.6. The summed E-state index contributed by atoms with van der Waals surface area (Å²) < 4.78 is 0. The molecule has 0 aromatic carbocycles. The number of aliphatic carboxylic acids is 2. The maximum atomic E-state index is 9.12. The van der Waals surface area contributed by atoms with Crippen molar-refractivity contribution in [1.29, 1.82) is 5.41 Å². The Morgan fingerprint density at radius 2 is 1.00 bits per heavy atom. The second-order valence-corrected chi connectivity index (χ2v) is 4.83. The number of unbranched alkanes of at least 4 members (excludes halogenated alkanes) is 9. The van der Waals surface area contributed by atoms with Crippen LogP contribution in [0.3, 0.4) is 0 Å². The fourth-order valence-corrected chi connectivity index (χ4v) is 1.56. The van der Waals surface area contributed by atoms with Crippen molar-refractivity contribution in [2.24, 2.45) is 0 Å². The van der Waals surface area contributed by atoms with Crippen LogP contribution in [0.25, 0.3) is 0 Å². The topological polar surface area (TPSA) is 98.5 Å². The van der Waals surface area contributed by atoms with Crippen molar-refractivity contribution < 1.29 is 19.8 Å². The molecule has 0 bridgehead atoms. The van der Waals surface area contributed by atoms with E-state index in [9.17, 15) is 0 Å². The molecule has 0 aromatic heterocycles. The summed E-state index contributed by atoms with van der Waals surface area (Å²) in [6.07, 6.45) is 14.8. The number of hydrogen-bond donors (Lipinski definition) is 3. The maximum absolute atomic E-state index is 9.12. The summed E-state index contributed by atoms with van der Waals surface area (Å²) in [6, 6.07) is 0. The van der Waals surface area contributed by atoms with E-state index in [4.69, 9.17) is 25.2 Å². The summed E-state index contributed by atoms with van der Waals surface area (Å²) in [5.41, 5.74) is 0. The molecule has 0 unspecified atom stereocenters. The van der Waals surface area contributed by atoms with E-state index >= 15 is 0 Å². The van der Waals surface area contributed by atoms with Gasteiger partial charge in [-0.3, -0.25) is 4.79 Å². The first-order valence-corrected chi connectivity index (χ1v) is 7.85. The van der Waals surface area contributed by atoms with Crippen LogP contribution in [0.4, 0.5) is 0 Å². The van der Waals surface area contributed by atoms with Crippen LogP contribution in [0, 0.1) is 5.41 Å². The first-order chi connectivity index (χ1) is 9.92. The fraction of sp³-hybridized carbons (Fsp3) is 0.812. The molecule has 0 aliphatic rings. The van der Waals surface area contributed by atoms with Gasteiger partial charge >= 0.3 is 35.5 Å². The van der Waals surface area contributed by atoms with Crippen molar-refractivity contribution in [3.8, 4) is 0 Å². The molecule has 5 nitrogen and oxygen atoms in total. The SMILES string of the molecule is CC(=O)O.CCCCCCCCCCCC.N=CC(=O)O.[NaH]. The molecule has 0 saturated carbocycles. The van der Waals surface area contributed by atoms with Crippen LogP contribution in [0.2, 0.25) is 0 Å². The molecule has 0 radical (unpaired) electrons. The van der Waals surface area contributed by atoms with Gasteiger partial charge in [0.25, 0.3) is 5.97 Å². The number of nitrogens with one attached hydrogen (secondary N) is 1. The van der Waals surface area contributed by atoms with Crippen LogP contribution in [0.5, 0.6) is 0 Å². The van der Waals surface area contributed by atoms with E-state index in [0.717, 1.165) is 6.92 Å². The predicted octanol–water partition coefficient (Wildman–Crippen LogP) is 4.09. The Hall–Kier alpha value is -0.390. The number of carboxylic acid groups (broad SMARTS) is 2. The average Bonchev–Trinajstić information content (AvgIpc) is 2.42. The molecule has 0 saturated heterocycles. The molecule has 0 rings (SSSR count). The van der Waals surface area contributed by atoms with Crippen LogP contribution < -0.4 is 0 Å². The van der Waals surface area contributed by atoms with E-state index in [2.05, 4.69) is 13.8 Å². The fourth-order valence-electron chi connectivity index (χ4n) is 1.56. The second kappa shape index (κ2) is 28.7. The van der Waals surface area contributed by atoms with Gasteiger partial charge in [-0.05, 0) is 0 Å². The van der Waals surface area contributed by atoms with Gasteiger partial charge < -0.3 is 15.6 Å². The van der Waals surface area contributed by atoms with E-state index in [1.54, 1.807) is 0 Å². The molecule has 22 heavy (non-hydrogen) atoms. The molecule has 0 aliphatic heterocycles. The Balaban J connectivity index is -0.000000135. The Morgan fingerprint density at radius 1 is 0.818 bits per heavy atom. The Labute approximate surface area is 157 Å². The third-order valence-corrected chi connectivity index (χ3v) is 2.58. The normalized spacial score (nSPS) is 8.32. The number of hydrogen-bond acceptors (Lipinski definition) is 3. The third-order valence-electron chi connectivity index (χ3n) is 2.58. The van der Waals surface area contributed by atoms with Crippen molar-refractivity contribution in [1.82, 2.24) is 0 Å². The van der Waals surface area contributed by atoms with E-state index in [1.807, 2.05) is 0 Å². The van der Waals surface area contributed by atoms with Gasteiger partial charge in [-0.15, -0.1) is 0 Å². The third kappa shape index (κ3) is 60.3. The van der Waals surface area contributed by atoms with E-state index in [-0.39, 0.29) is 29.6 Å². The van der Waals surface area contributed by atoms with Gasteiger partial charge in [0.1, 0.15) is 6.21 Å². The van der Waals surface area contributed by atoms with Gasteiger partial charge in [-0.2, -0.15) is 0 Å². The second-order valence-electron chi connectivity index (χ2n) is 4.83. The summed E-state index contributed by atoms with van der Waals surface area (Å²) >= 11 is 0. The summed E-state index contributed by atoms with van der Waals surface area (Å²) in [4.78, 5) is 18.1. The molecule has 0 spiro atoms. The average molecular weight is 327 g/mol. The Kier molecular flexibility index (Phi) is 38.7. The molecule has 6 heteroatoms. The molecular formula is C16H34NNaO4. The van der Waals surface area contributed by atoms with Crippen LogP contribution in [-0.4, -0.2) is 57.9 Å². The van der Waals surface area contributed by atoms with Gasteiger partial charge in [0, 0.05) is 6.92 Å². The zero-order valence-corrected chi connectivity index (χ0v) is 13.9. The van der Waals surface area contributed by atoms with Gasteiger partial charge in [0.15, 0.2) is 0 Å². The van der Waals surface area contributed by atoms with Crippen LogP contribution >= 0.6 is 0 Å². The number of carbonyl (C=O) groups is 2. The van der Waals surface area contributed by atoms with Gasteiger partial charge in [0.05, 0.1) is 0 Å². The van der Waals surface area contributed by atoms with Crippen LogP contribution in [0.15, 0.2) is 0 Å². The van der Waals surface area contributed by atoms with Crippen molar-refractivity contribution in [3.05, 3.63) is 0 Å². The molecule has 0 atom stereocenters. The molecule has 128 valence electrons. The monoisotopic (exact) mass is 327 g/mol. The van der Waals surface area contributed by atoms with Crippen molar-refractivity contribution >= 4 is 47.7 Å². The number of carboxylic acids is 2. The van der Waals surface area contributed by atoms with Crippen molar-refractivity contribution in [2.75, 3.05) is 0 Å². The molecule has 0 amide bonds. The number of rotatable bonds is 10. The van der Waals surface area contributed by atoms with Crippen molar-refractivity contribution in [2.45, 2.75) is 85.0 Å². The predicted molar refractivity (Wildman–Crippen MR) is 94.4 cm³/mol. The zero-order valence-electron chi connectivity index (χ0n) is 13.9. The molecular weight excluding hydrogens is 293 g/mol. The van der Waals surface area contributed by atoms with Crippen molar-refractivity contribution in [3.63, 3.8) is 0 Å². The molecule has 0 aromatic rings. The molecule has 0 heterocycles. The Morgan fingerprint density at radius 3 is 1.14 bits per heavy atom. The minimum atomic E-state index is -1.20. The van der Waals surface area contributed by atoms with Crippen LogP contribution in [-0.2, 0) is 9.59 Å². The summed E-state index contributed by atoms with van der Waals surface area (Å²) in [5.74, 6) is -2.04. The standard InChI is InChI=1S/C12H26.C2H3NO2.C2H4O2.Na.H/c1-3-5-7-9-11-12-10-8-6-4-2;3-1-2(4)5;1-2(3)4;;/h3-12H2,1-2H3;1,3H,(H,4,5);1H3,(H,3,4);;. The van der Waals surface area contributed by atoms with Gasteiger partial charge in [0.2, 0.25) is 0 Å². The molecule has 0 aliphatic carbocycles. The zero-order chi connectivity index (χ0) is 16.9. The van der Waals surface area contributed by atoms with Crippen LogP contribution in [0.1, 0.15) is 85.0 Å².